The van der Waals surface area contributed by atoms with Crippen LogP contribution in [-0.2, 0) is 7.05 Å². The van der Waals surface area contributed by atoms with Crippen molar-refractivity contribution in [1.29, 1.82) is 0 Å². The van der Waals surface area contributed by atoms with E-state index in [0.29, 0.717) is 15.0 Å². The van der Waals surface area contributed by atoms with E-state index in [2.05, 4.69) is 10.4 Å². The number of anilines is 1. The SMILES string of the molecule is Cn1nccc1C(=O)Nc1ccc(F)cc1I. The summed E-state index contributed by atoms with van der Waals surface area (Å²) in [6, 6.07) is 5.82. The van der Waals surface area contributed by atoms with E-state index >= 15 is 0 Å². The quantitative estimate of drug-likeness (QED) is 0.850. The Morgan fingerprint density at radius 1 is 1.47 bits per heavy atom. The van der Waals surface area contributed by atoms with Gasteiger partial charge in [0.15, 0.2) is 0 Å². The highest BCUT2D eigenvalue weighted by atomic mass is 127. The first-order valence-corrected chi connectivity index (χ1v) is 5.90. The minimum Gasteiger partial charge on any atom is -0.320 e. The zero-order valence-corrected chi connectivity index (χ0v) is 11.1. The molecule has 0 bridgehead atoms. The predicted octanol–water partition coefficient (Wildman–Crippen LogP) is 2.42. The number of hydrogen-bond acceptors (Lipinski definition) is 2. The second kappa shape index (κ2) is 4.82. The number of nitrogens with zero attached hydrogens (tertiary/aromatic N) is 2. The highest BCUT2D eigenvalue weighted by Gasteiger charge is 2.11. The number of nitrogens with one attached hydrogen (secondary N) is 1. The van der Waals surface area contributed by atoms with Gasteiger partial charge in [0.1, 0.15) is 11.5 Å². The van der Waals surface area contributed by atoms with E-state index in [1.54, 1.807) is 19.3 Å². The molecule has 0 unspecified atom stereocenters. The van der Waals surface area contributed by atoms with Crippen LogP contribution in [0.1, 0.15) is 10.5 Å². The first-order chi connectivity index (χ1) is 8.08. The predicted molar refractivity (Wildman–Crippen MR) is 70.3 cm³/mol. The van der Waals surface area contributed by atoms with Crippen LogP contribution in [0.5, 0.6) is 0 Å². The smallest absolute Gasteiger partial charge is 0.273 e. The number of hydrogen-bond donors (Lipinski definition) is 1. The van der Waals surface area contributed by atoms with Gasteiger partial charge in [-0.1, -0.05) is 0 Å². The van der Waals surface area contributed by atoms with Gasteiger partial charge in [-0.25, -0.2) is 4.39 Å². The molecule has 0 aliphatic rings. The molecule has 0 spiro atoms. The van der Waals surface area contributed by atoms with Crippen molar-refractivity contribution in [3.05, 3.63) is 45.5 Å². The minimum atomic E-state index is -0.326. The number of halogens is 2. The lowest BCUT2D eigenvalue weighted by Gasteiger charge is -2.07. The third-order valence-corrected chi connectivity index (χ3v) is 3.13. The number of carbonyl (C=O) groups excluding carboxylic acids is 1. The molecule has 0 aliphatic heterocycles. The van der Waals surface area contributed by atoms with Crippen molar-refractivity contribution in [3.63, 3.8) is 0 Å². The molecule has 0 fully saturated rings. The van der Waals surface area contributed by atoms with Crippen LogP contribution in [0.3, 0.4) is 0 Å². The molecule has 2 aromatic rings. The molecule has 6 heteroatoms. The topological polar surface area (TPSA) is 46.9 Å². The number of rotatable bonds is 2. The van der Waals surface area contributed by atoms with Crippen LogP contribution in [0.2, 0.25) is 0 Å². The average Bonchev–Trinajstić information content (AvgIpc) is 2.68. The van der Waals surface area contributed by atoms with Gasteiger partial charge in [-0.15, -0.1) is 0 Å². The molecule has 1 N–H and O–H groups in total. The number of aryl methyl sites for hydroxylation is 1. The molecule has 1 heterocycles. The summed E-state index contributed by atoms with van der Waals surface area (Å²) in [7, 11) is 1.69. The Kier molecular flexibility index (Phi) is 3.41. The number of carbonyl (C=O) groups is 1. The maximum Gasteiger partial charge on any atom is 0.273 e. The Morgan fingerprint density at radius 2 is 2.24 bits per heavy atom. The first-order valence-electron chi connectivity index (χ1n) is 4.82. The van der Waals surface area contributed by atoms with E-state index in [-0.39, 0.29) is 11.7 Å². The van der Waals surface area contributed by atoms with E-state index in [0.717, 1.165) is 0 Å². The Bertz CT molecular complexity index is 568. The molecule has 1 aromatic carbocycles. The van der Waals surface area contributed by atoms with Crippen molar-refractivity contribution in [2.75, 3.05) is 5.32 Å². The Labute approximate surface area is 111 Å². The normalized spacial score (nSPS) is 10.3. The van der Waals surface area contributed by atoms with Gasteiger partial charge >= 0.3 is 0 Å². The molecule has 4 nitrogen and oxygen atoms in total. The van der Waals surface area contributed by atoms with Gasteiger partial charge in [0.2, 0.25) is 0 Å². The van der Waals surface area contributed by atoms with Crippen LogP contribution < -0.4 is 5.32 Å². The van der Waals surface area contributed by atoms with Crippen LogP contribution in [-0.4, -0.2) is 15.7 Å². The molecule has 88 valence electrons. The maximum absolute atomic E-state index is 12.9. The molecule has 0 saturated heterocycles. The lowest BCUT2D eigenvalue weighted by Crippen LogP contribution is -2.16. The molecule has 17 heavy (non-hydrogen) atoms. The summed E-state index contributed by atoms with van der Waals surface area (Å²) in [4.78, 5) is 11.9. The number of benzene rings is 1. The Hall–Kier alpha value is -1.44. The molecule has 0 saturated carbocycles. The third-order valence-electron chi connectivity index (χ3n) is 2.23. The Morgan fingerprint density at radius 3 is 2.82 bits per heavy atom. The zero-order valence-electron chi connectivity index (χ0n) is 8.95. The maximum atomic E-state index is 12.9. The van der Waals surface area contributed by atoms with Gasteiger partial charge in [0.05, 0.1) is 5.69 Å². The van der Waals surface area contributed by atoms with Gasteiger partial charge < -0.3 is 5.32 Å². The Balaban J connectivity index is 2.22. The van der Waals surface area contributed by atoms with Crippen LogP contribution in [0.4, 0.5) is 10.1 Å². The molecule has 0 aliphatic carbocycles. The van der Waals surface area contributed by atoms with Crippen molar-refractivity contribution in [2.45, 2.75) is 0 Å². The standard InChI is InChI=1S/C11H9FIN3O/c1-16-10(4-5-14-16)11(17)15-9-3-2-7(12)6-8(9)13/h2-6H,1H3,(H,15,17). The van der Waals surface area contributed by atoms with Gasteiger partial charge in [0.25, 0.3) is 5.91 Å². The highest BCUT2D eigenvalue weighted by molar-refractivity contribution is 14.1. The summed E-state index contributed by atoms with van der Waals surface area (Å²) in [5, 5.41) is 6.62. The van der Waals surface area contributed by atoms with Crippen molar-refractivity contribution < 1.29 is 9.18 Å². The molecule has 0 atom stereocenters. The van der Waals surface area contributed by atoms with E-state index in [9.17, 15) is 9.18 Å². The second-order valence-corrected chi connectivity index (χ2v) is 4.58. The van der Waals surface area contributed by atoms with Gasteiger partial charge in [-0.05, 0) is 46.9 Å². The minimum absolute atomic E-state index is 0.269. The summed E-state index contributed by atoms with van der Waals surface area (Å²) >= 11 is 1.97. The lowest BCUT2D eigenvalue weighted by atomic mass is 10.3. The second-order valence-electron chi connectivity index (χ2n) is 3.42. The van der Waals surface area contributed by atoms with Gasteiger partial charge in [-0.3, -0.25) is 9.48 Å². The molecular weight excluding hydrogens is 336 g/mol. The van der Waals surface area contributed by atoms with Crippen LogP contribution in [0.15, 0.2) is 30.5 Å². The van der Waals surface area contributed by atoms with Gasteiger partial charge in [-0.2, -0.15) is 5.10 Å². The fraction of sp³-hybridized carbons (Fsp3) is 0.0909. The molecule has 1 aromatic heterocycles. The summed E-state index contributed by atoms with van der Waals surface area (Å²) < 4.78 is 15.0. The monoisotopic (exact) mass is 345 g/mol. The highest BCUT2D eigenvalue weighted by Crippen LogP contribution is 2.19. The van der Waals surface area contributed by atoms with Crippen molar-refractivity contribution in [2.24, 2.45) is 7.05 Å². The number of aromatic nitrogens is 2. The molecular formula is C11H9FIN3O. The van der Waals surface area contributed by atoms with Crippen LogP contribution in [0.25, 0.3) is 0 Å². The third kappa shape index (κ3) is 2.63. The summed E-state index contributed by atoms with van der Waals surface area (Å²) in [6.07, 6.45) is 1.55. The van der Waals surface area contributed by atoms with Crippen molar-refractivity contribution in [3.8, 4) is 0 Å². The number of amides is 1. The van der Waals surface area contributed by atoms with E-state index in [1.165, 1.54) is 22.9 Å². The summed E-state index contributed by atoms with van der Waals surface area (Å²) in [6.45, 7) is 0. The van der Waals surface area contributed by atoms with Crippen molar-refractivity contribution >= 4 is 34.2 Å². The summed E-state index contributed by atoms with van der Waals surface area (Å²) in [5.41, 5.74) is 1.03. The fourth-order valence-electron chi connectivity index (χ4n) is 1.37. The lowest BCUT2D eigenvalue weighted by molar-refractivity contribution is 0.101. The summed E-state index contributed by atoms with van der Waals surface area (Å²) in [5.74, 6) is -0.595. The average molecular weight is 345 g/mol. The zero-order chi connectivity index (χ0) is 12.4. The van der Waals surface area contributed by atoms with E-state index in [4.69, 9.17) is 0 Å². The van der Waals surface area contributed by atoms with Crippen LogP contribution in [0, 0.1) is 9.39 Å². The molecule has 0 radical (unpaired) electrons. The fourth-order valence-corrected chi connectivity index (χ4v) is 1.99. The largest absolute Gasteiger partial charge is 0.320 e. The first kappa shape index (κ1) is 12.0. The van der Waals surface area contributed by atoms with E-state index in [1.807, 2.05) is 22.6 Å². The van der Waals surface area contributed by atoms with Crippen molar-refractivity contribution in [1.82, 2.24) is 9.78 Å². The van der Waals surface area contributed by atoms with Crippen LogP contribution >= 0.6 is 22.6 Å². The molecule has 2 rings (SSSR count). The molecule has 1 amide bonds. The van der Waals surface area contributed by atoms with E-state index < -0.39 is 0 Å². The van der Waals surface area contributed by atoms with Gasteiger partial charge in [0, 0.05) is 16.8 Å².